The highest BCUT2D eigenvalue weighted by Crippen LogP contribution is 2.29. The molecule has 0 aliphatic rings. The van der Waals surface area contributed by atoms with Crippen LogP contribution in [0.2, 0.25) is 5.02 Å². The highest BCUT2D eigenvalue weighted by atomic mass is 35.5. The third-order valence-electron chi connectivity index (χ3n) is 5.19. The van der Waals surface area contributed by atoms with Crippen LogP contribution in [0.15, 0.2) is 89.9 Å². The summed E-state index contributed by atoms with van der Waals surface area (Å²) in [5.74, 6) is 0.440. The molecule has 8 nitrogen and oxygen atoms in total. The van der Waals surface area contributed by atoms with Crippen LogP contribution in [0.3, 0.4) is 0 Å². The molecule has 0 aliphatic carbocycles. The Morgan fingerprint density at radius 1 is 0.939 bits per heavy atom. The van der Waals surface area contributed by atoms with Gasteiger partial charge in [0.15, 0.2) is 0 Å². The van der Waals surface area contributed by atoms with Crippen molar-refractivity contribution in [2.24, 2.45) is 7.05 Å². The van der Waals surface area contributed by atoms with Gasteiger partial charge in [-0.2, -0.15) is 9.36 Å². The maximum absolute atomic E-state index is 12.6. The molecule has 0 aliphatic heterocycles. The van der Waals surface area contributed by atoms with Gasteiger partial charge in [-0.05, 0) is 45.8 Å². The van der Waals surface area contributed by atoms with Crippen molar-refractivity contribution in [1.82, 2.24) is 29.6 Å². The second-order valence-electron chi connectivity index (χ2n) is 7.33. The molecule has 0 saturated carbocycles. The van der Waals surface area contributed by atoms with E-state index < -0.39 is 0 Å². The Morgan fingerprint density at radius 2 is 1.76 bits per heavy atom. The van der Waals surface area contributed by atoms with Gasteiger partial charge in [0.05, 0.1) is 11.4 Å². The Bertz CT molecular complexity index is 1470. The minimum absolute atomic E-state index is 0.177. The number of tetrazole rings is 1. The number of benzene rings is 3. The van der Waals surface area contributed by atoms with E-state index in [0.29, 0.717) is 16.6 Å². The minimum Gasteiger partial charge on any atom is -0.472 e. The van der Waals surface area contributed by atoms with Crippen LogP contribution in [0, 0.1) is 0 Å². The monoisotopic (exact) mass is 458 g/mol. The number of ether oxygens (including phenoxy) is 1. The second kappa shape index (κ2) is 8.76. The smallest absolute Gasteiger partial charge is 0.368 e. The summed E-state index contributed by atoms with van der Waals surface area (Å²) in [7, 11) is 1.56. The topological polar surface area (TPSA) is 79.8 Å². The van der Waals surface area contributed by atoms with E-state index in [4.69, 9.17) is 16.3 Å². The molecule has 3 aromatic carbocycles. The summed E-state index contributed by atoms with van der Waals surface area (Å²) < 4.78 is 10.2. The number of nitrogens with zero attached hydrogens (tertiary/aromatic N) is 6. The molecule has 0 amide bonds. The highest BCUT2D eigenvalue weighted by Gasteiger charge is 2.17. The fourth-order valence-corrected chi connectivity index (χ4v) is 3.76. The van der Waals surface area contributed by atoms with Gasteiger partial charge in [0.25, 0.3) is 0 Å². The number of hydrogen-bond acceptors (Lipinski definition) is 5. The van der Waals surface area contributed by atoms with Crippen molar-refractivity contribution in [2.75, 3.05) is 0 Å². The van der Waals surface area contributed by atoms with E-state index in [2.05, 4.69) is 15.5 Å². The van der Waals surface area contributed by atoms with Gasteiger partial charge in [-0.25, -0.2) is 9.48 Å². The zero-order valence-electron chi connectivity index (χ0n) is 17.7. The number of hydrogen-bond donors (Lipinski definition) is 0. The third kappa shape index (κ3) is 4.16. The lowest BCUT2D eigenvalue weighted by molar-refractivity contribution is 0.292. The molecule has 0 radical (unpaired) electrons. The SMILES string of the molecule is Cn1nnn(-c2cccc(-c3ccccc3)c2COc2ccn(-c3cccc(Cl)c3)n2)c1=O. The molecule has 164 valence electrons. The van der Waals surface area contributed by atoms with Crippen LogP contribution < -0.4 is 10.4 Å². The zero-order chi connectivity index (χ0) is 22.8. The van der Waals surface area contributed by atoms with Crippen LogP contribution in [0.4, 0.5) is 0 Å². The van der Waals surface area contributed by atoms with Gasteiger partial charge in [0.2, 0.25) is 5.88 Å². The van der Waals surface area contributed by atoms with Gasteiger partial charge >= 0.3 is 5.69 Å². The van der Waals surface area contributed by atoms with E-state index in [9.17, 15) is 4.79 Å². The average molecular weight is 459 g/mol. The van der Waals surface area contributed by atoms with Gasteiger partial charge in [-0.3, -0.25) is 0 Å². The van der Waals surface area contributed by atoms with Gasteiger partial charge in [-0.1, -0.05) is 60.1 Å². The summed E-state index contributed by atoms with van der Waals surface area (Å²) in [6.07, 6.45) is 1.80. The normalized spacial score (nSPS) is 11.0. The summed E-state index contributed by atoms with van der Waals surface area (Å²) in [4.78, 5) is 12.6. The lowest BCUT2D eigenvalue weighted by atomic mass is 9.98. The van der Waals surface area contributed by atoms with E-state index in [-0.39, 0.29) is 12.3 Å². The summed E-state index contributed by atoms with van der Waals surface area (Å²) in [6.45, 7) is 0.177. The summed E-state index contributed by atoms with van der Waals surface area (Å²) in [5, 5.41) is 13.0. The second-order valence-corrected chi connectivity index (χ2v) is 7.77. The van der Waals surface area contributed by atoms with Crippen LogP contribution in [-0.2, 0) is 13.7 Å². The zero-order valence-corrected chi connectivity index (χ0v) is 18.4. The Morgan fingerprint density at radius 3 is 2.52 bits per heavy atom. The first-order valence-corrected chi connectivity index (χ1v) is 10.6. The first-order valence-electron chi connectivity index (χ1n) is 10.2. The molecule has 5 rings (SSSR count). The third-order valence-corrected chi connectivity index (χ3v) is 5.42. The van der Waals surface area contributed by atoms with E-state index in [1.54, 1.807) is 24.0 Å². The van der Waals surface area contributed by atoms with Crippen LogP contribution in [0.1, 0.15) is 5.56 Å². The van der Waals surface area contributed by atoms with Crippen LogP contribution in [0.25, 0.3) is 22.5 Å². The van der Waals surface area contributed by atoms with Gasteiger partial charge in [-0.15, -0.1) is 5.10 Å². The summed E-state index contributed by atoms with van der Waals surface area (Å²) >= 11 is 6.10. The molecule has 0 atom stereocenters. The van der Waals surface area contributed by atoms with Crippen molar-refractivity contribution in [3.05, 3.63) is 106 Å². The fourth-order valence-electron chi connectivity index (χ4n) is 3.57. The number of rotatable bonds is 6. The van der Waals surface area contributed by atoms with Crippen LogP contribution >= 0.6 is 11.6 Å². The van der Waals surface area contributed by atoms with Crippen LogP contribution in [-0.4, -0.2) is 29.6 Å². The molecule has 33 heavy (non-hydrogen) atoms. The van der Waals surface area contributed by atoms with Crippen molar-refractivity contribution in [1.29, 1.82) is 0 Å². The first-order chi connectivity index (χ1) is 16.1. The van der Waals surface area contributed by atoms with Gasteiger partial charge in [0.1, 0.15) is 6.61 Å². The molecule has 0 unspecified atom stereocenters. The molecular formula is C24H19ClN6O2. The van der Waals surface area contributed by atoms with E-state index in [0.717, 1.165) is 22.4 Å². The Kier molecular flexibility index (Phi) is 5.50. The predicted octanol–water partition coefficient (Wildman–Crippen LogP) is 4.05. The fraction of sp³-hybridized carbons (Fsp3) is 0.0833. The summed E-state index contributed by atoms with van der Waals surface area (Å²) in [5.41, 5.74) is 3.81. The van der Waals surface area contributed by atoms with Crippen molar-refractivity contribution in [3.8, 4) is 28.4 Å². The maximum Gasteiger partial charge on any atom is 0.368 e. The lowest BCUT2D eigenvalue weighted by Crippen LogP contribution is -2.23. The highest BCUT2D eigenvalue weighted by molar-refractivity contribution is 6.30. The number of halogens is 1. The Hall–Kier alpha value is -4.17. The molecule has 0 bridgehead atoms. The van der Waals surface area contributed by atoms with Crippen molar-refractivity contribution >= 4 is 11.6 Å². The van der Waals surface area contributed by atoms with Crippen LogP contribution in [0.5, 0.6) is 5.88 Å². The molecule has 9 heteroatoms. The van der Waals surface area contributed by atoms with Crippen molar-refractivity contribution in [2.45, 2.75) is 6.61 Å². The molecular weight excluding hydrogens is 440 g/mol. The lowest BCUT2D eigenvalue weighted by Gasteiger charge is -2.14. The predicted molar refractivity (Wildman–Crippen MR) is 125 cm³/mol. The Balaban J connectivity index is 1.52. The van der Waals surface area contributed by atoms with Crippen molar-refractivity contribution in [3.63, 3.8) is 0 Å². The molecule has 0 fully saturated rings. The minimum atomic E-state index is -0.341. The van der Waals surface area contributed by atoms with Gasteiger partial charge < -0.3 is 4.74 Å². The van der Waals surface area contributed by atoms with E-state index in [1.165, 1.54) is 9.36 Å². The maximum atomic E-state index is 12.6. The quantitative estimate of drug-likeness (QED) is 0.383. The molecule has 2 aromatic heterocycles. The molecule has 0 spiro atoms. The number of aromatic nitrogens is 6. The molecule has 5 aromatic rings. The summed E-state index contributed by atoms with van der Waals surface area (Å²) in [6, 6.07) is 24.8. The van der Waals surface area contributed by atoms with Crippen molar-refractivity contribution < 1.29 is 4.74 Å². The first kappa shape index (κ1) is 20.7. The molecule has 2 heterocycles. The largest absolute Gasteiger partial charge is 0.472 e. The standard InChI is InChI=1S/C24H19ClN6O2/c1-29-24(32)31(28-27-29)22-12-6-11-20(17-7-3-2-4-8-17)21(22)16-33-23-13-14-30(26-23)19-10-5-9-18(25)15-19/h2-15H,16H2,1H3. The number of aryl methyl sites for hydroxylation is 1. The Labute approximate surface area is 194 Å². The van der Waals surface area contributed by atoms with E-state index >= 15 is 0 Å². The molecule has 0 saturated heterocycles. The van der Waals surface area contributed by atoms with E-state index in [1.807, 2.05) is 72.8 Å². The van der Waals surface area contributed by atoms with Gasteiger partial charge in [0, 0.05) is 29.9 Å². The average Bonchev–Trinajstić information content (AvgIpc) is 3.45. The molecule has 0 N–H and O–H groups in total.